The van der Waals surface area contributed by atoms with Gasteiger partial charge in [-0.3, -0.25) is 0 Å². The monoisotopic (exact) mass is 377 g/mol. The topological polar surface area (TPSA) is 78.9 Å². The SMILES string of the molecule is [CH2]CCCCCc1cc(C(=O)OCC)c(C(=O)OCC)c(C(=O)OCC)c1. The van der Waals surface area contributed by atoms with E-state index in [9.17, 15) is 14.4 Å². The van der Waals surface area contributed by atoms with Crippen LogP contribution in [0, 0.1) is 6.92 Å². The molecule has 1 aromatic carbocycles. The second-order valence-electron chi connectivity index (χ2n) is 5.89. The van der Waals surface area contributed by atoms with E-state index in [0.717, 1.165) is 31.2 Å². The van der Waals surface area contributed by atoms with E-state index in [2.05, 4.69) is 6.92 Å². The van der Waals surface area contributed by atoms with Crippen LogP contribution in [0.25, 0.3) is 0 Å². The van der Waals surface area contributed by atoms with E-state index in [0.29, 0.717) is 6.42 Å². The first-order valence-electron chi connectivity index (χ1n) is 9.47. The molecule has 0 heterocycles. The maximum atomic E-state index is 12.5. The van der Waals surface area contributed by atoms with Gasteiger partial charge in [0.25, 0.3) is 0 Å². The molecule has 1 aromatic rings. The number of unbranched alkanes of at least 4 members (excludes halogenated alkanes) is 3. The second-order valence-corrected chi connectivity index (χ2v) is 5.89. The van der Waals surface area contributed by atoms with Crippen molar-refractivity contribution in [2.24, 2.45) is 0 Å². The Morgan fingerprint density at radius 1 is 0.778 bits per heavy atom. The Bertz CT molecular complexity index is 611. The molecule has 0 aliphatic carbocycles. The van der Waals surface area contributed by atoms with Gasteiger partial charge in [0.2, 0.25) is 0 Å². The summed E-state index contributed by atoms with van der Waals surface area (Å²) in [6, 6.07) is 3.22. The molecule has 0 aliphatic heterocycles. The number of ether oxygens (including phenoxy) is 3. The highest BCUT2D eigenvalue weighted by Gasteiger charge is 2.28. The average Bonchev–Trinajstić information content (AvgIpc) is 2.65. The zero-order valence-corrected chi connectivity index (χ0v) is 16.5. The fourth-order valence-electron chi connectivity index (χ4n) is 2.69. The number of carbonyl (C=O) groups excluding carboxylic acids is 3. The Hall–Kier alpha value is -2.37. The Kier molecular flexibility index (Phi) is 10.2. The van der Waals surface area contributed by atoms with Gasteiger partial charge in [-0.05, 0) is 51.3 Å². The van der Waals surface area contributed by atoms with Crippen LogP contribution in [0.1, 0.15) is 83.1 Å². The first-order valence-corrected chi connectivity index (χ1v) is 9.47. The quantitative estimate of drug-likeness (QED) is 0.327. The average molecular weight is 377 g/mol. The summed E-state index contributed by atoms with van der Waals surface area (Å²) >= 11 is 0. The van der Waals surface area contributed by atoms with Crippen LogP contribution in [0.3, 0.4) is 0 Å². The number of rotatable bonds is 11. The summed E-state index contributed by atoms with van der Waals surface area (Å²) in [5, 5.41) is 0. The molecular formula is C21H29O6. The first-order chi connectivity index (χ1) is 13.0. The molecule has 0 fully saturated rings. The van der Waals surface area contributed by atoms with Gasteiger partial charge < -0.3 is 14.2 Å². The van der Waals surface area contributed by atoms with Gasteiger partial charge in [0.1, 0.15) is 0 Å². The van der Waals surface area contributed by atoms with Crippen molar-refractivity contribution in [2.75, 3.05) is 19.8 Å². The molecule has 0 saturated heterocycles. The van der Waals surface area contributed by atoms with Gasteiger partial charge in [0, 0.05) is 0 Å². The van der Waals surface area contributed by atoms with Crippen LogP contribution in [-0.4, -0.2) is 37.7 Å². The summed E-state index contributed by atoms with van der Waals surface area (Å²) in [6.45, 7) is 9.26. The van der Waals surface area contributed by atoms with Gasteiger partial charge in [0.15, 0.2) is 0 Å². The summed E-state index contributed by atoms with van der Waals surface area (Å²) in [7, 11) is 0. The fourth-order valence-corrected chi connectivity index (χ4v) is 2.69. The number of benzene rings is 1. The molecule has 1 radical (unpaired) electrons. The molecular weight excluding hydrogens is 348 g/mol. The highest BCUT2D eigenvalue weighted by Crippen LogP contribution is 2.23. The van der Waals surface area contributed by atoms with E-state index in [1.165, 1.54) is 0 Å². The molecule has 0 atom stereocenters. The Balaban J connectivity index is 3.42. The normalized spacial score (nSPS) is 10.4. The number of carbonyl (C=O) groups is 3. The molecule has 0 amide bonds. The van der Waals surface area contributed by atoms with E-state index >= 15 is 0 Å². The summed E-state index contributed by atoms with van der Waals surface area (Å²) < 4.78 is 15.2. The molecule has 0 unspecified atom stereocenters. The smallest absolute Gasteiger partial charge is 0.339 e. The highest BCUT2D eigenvalue weighted by atomic mass is 16.5. The molecule has 6 heteroatoms. The van der Waals surface area contributed by atoms with Gasteiger partial charge in [-0.1, -0.05) is 26.2 Å². The van der Waals surface area contributed by atoms with Crippen LogP contribution in [0.5, 0.6) is 0 Å². The van der Waals surface area contributed by atoms with E-state index in [4.69, 9.17) is 14.2 Å². The predicted molar refractivity (Wildman–Crippen MR) is 102 cm³/mol. The van der Waals surface area contributed by atoms with Crippen molar-refractivity contribution in [2.45, 2.75) is 52.9 Å². The lowest BCUT2D eigenvalue weighted by Crippen LogP contribution is -2.20. The van der Waals surface area contributed by atoms with E-state index in [-0.39, 0.29) is 36.5 Å². The van der Waals surface area contributed by atoms with Crippen LogP contribution in [-0.2, 0) is 20.6 Å². The van der Waals surface area contributed by atoms with Crippen molar-refractivity contribution < 1.29 is 28.6 Å². The van der Waals surface area contributed by atoms with Crippen LogP contribution < -0.4 is 0 Å². The van der Waals surface area contributed by atoms with Crippen molar-refractivity contribution >= 4 is 17.9 Å². The van der Waals surface area contributed by atoms with Crippen molar-refractivity contribution in [3.05, 3.63) is 41.3 Å². The van der Waals surface area contributed by atoms with E-state index < -0.39 is 17.9 Å². The van der Waals surface area contributed by atoms with Crippen LogP contribution in [0.2, 0.25) is 0 Å². The fraction of sp³-hybridized carbons (Fsp3) is 0.524. The zero-order valence-electron chi connectivity index (χ0n) is 16.5. The molecule has 1 rings (SSSR count). The Labute approximate surface area is 161 Å². The molecule has 0 bridgehead atoms. The van der Waals surface area contributed by atoms with E-state index in [1.807, 2.05) is 0 Å². The molecule has 0 aromatic heterocycles. The second kappa shape index (κ2) is 12.1. The Morgan fingerprint density at radius 2 is 1.26 bits per heavy atom. The lowest BCUT2D eigenvalue weighted by Gasteiger charge is -2.15. The highest BCUT2D eigenvalue weighted by molar-refractivity contribution is 6.10. The van der Waals surface area contributed by atoms with Gasteiger partial charge in [-0.15, -0.1) is 0 Å². The summed E-state index contributed by atoms with van der Waals surface area (Å²) in [5.74, 6) is -2.07. The summed E-state index contributed by atoms with van der Waals surface area (Å²) in [5.41, 5.74) is 0.745. The number of hydrogen-bond donors (Lipinski definition) is 0. The van der Waals surface area contributed by atoms with Gasteiger partial charge >= 0.3 is 17.9 Å². The molecule has 149 valence electrons. The van der Waals surface area contributed by atoms with Gasteiger partial charge in [-0.25, -0.2) is 14.4 Å². The lowest BCUT2D eigenvalue weighted by molar-refractivity contribution is 0.0458. The third-order valence-electron chi connectivity index (χ3n) is 3.88. The van der Waals surface area contributed by atoms with Crippen LogP contribution in [0.4, 0.5) is 0 Å². The first kappa shape index (κ1) is 22.7. The third kappa shape index (κ3) is 6.70. The zero-order chi connectivity index (χ0) is 20.2. The molecule has 27 heavy (non-hydrogen) atoms. The third-order valence-corrected chi connectivity index (χ3v) is 3.88. The number of hydrogen-bond acceptors (Lipinski definition) is 6. The number of aryl methyl sites for hydroxylation is 1. The maximum Gasteiger partial charge on any atom is 0.339 e. The summed E-state index contributed by atoms with van der Waals surface area (Å²) in [6.07, 6.45) is 4.42. The number of esters is 3. The van der Waals surface area contributed by atoms with Gasteiger partial charge in [-0.2, -0.15) is 0 Å². The minimum absolute atomic E-state index is 0.0352. The van der Waals surface area contributed by atoms with Crippen LogP contribution >= 0.6 is 0 Å². The molecule has 0 N–H and O–H groups in total. The maximum absolute atomic E-state index is 12.5. The minimum Gasteiger partial charge on any atom is -0.462 e. The predicted octanol–water partition coefficient (Wildman–Crippen LogP) is 4.15. The van der Waals surface area contributed by atoms with Crippen molar-refractivity contribution in [1.82, 2.24) is 0 Å². The molecule has 0 aliphatic rings. The van der Waals surface area contributed by atoms with Crippen molar-refractivity contribution in [3.63, 3.8) is 0 Å². The van der Waals surface area contributed by atoms with Crippen molar-refractivity contribution in [1.29, 1.82) is 0 Å². The van der Waals surface area contributed by atoms with Gasteiger partial charge in [0.05, 0.1) is 36.5 Å². The molecule has 6 nitrogen and oxygen atoms in total. The standard InChI is InChI=1S/C21H29O6/c1-5-9-10-11-12-15-13-16(19(22)25-6-2)18(21(24)27-8-4)17(14-15)20(23)26-7-3/h13-14H,1,5-12H2,2-4H3. The molecule has 0 spiro atoms. The Morgan fingerprint density at radius 3 is 1.70 bits per heavy atom. The largest absolute Gasteiger partial charge is 0.462 e. The van der Waals surface area contributed by atoms with Crippen LogP contribution in [0.15, 0.2) is 12.1 Å². The molecule has 0 saturated carbocycles. The van der Waals surface area contributed by atoms with Crippen molar-refractivity contribution in [3.8, 4) is 0 Å². The lowest BCUT2D eigenvalue weighted by atomic mass is 9.94. The minimum atomic E-state index is -0.743. The van der Waals surface area contributed by atoms with E-state index in [1.54, 1.807) is 32.9 Å². The summed E-state index contributed by atoms with van der Waals surface area (Å²) in [4.78, 5) is 37.4.